The maximum atomic E-state index is 10.2. The first-order chi connectivity index (χ1) is 12.4. The van der Waals surface area contributed by atoms with Crippen LogP contribution in [0.15, 0.2) is 11.6 Å². The lowest BCUT2D eigenvalue weighted by atomic mass is 9.47. The molecule has 4 aliphatic rings. The molecule has 0 aromatic heterocycles. The molecule has 0 aliphatic heterocycles. The maximum Gasteiger partial charge on any atom is 0.0577 e. The van der Waals surface area contributed by atoms with Gasteiger partial charge in [0, 0.05) is 0 Å². The Hall–Kier alpha value is -0.300. The predicted molar refractivity (Wildman–Crippen MR) is 110 cm³/mol. The van der Waals surface area contributed by atoms with Gasteiger partial charge in [0.2, 0.25) is 0 Å². The van der Waals surface area contributed by atoms with Crippen molar-refractivity contribution < 1.29 is 5.11 Å². The zero-order chi connectivity index (χ0) is 18.5. The Kier molecular flexibility index (Phi) is 5.08. The molecule has 1 N–H and O–H groups in total. The molecule has 1 nitrogen and oxygen atoms in total. The van der Waals surface area contributed by atoms with E-state index in [1.165, 1.54) is 57.8 Å². The van der Waals surface area contributed by atoms with Crippen molar-refractivity contribution in [1.29, 1.82) is 0 Å². The third-order valence-corrected chi connectivity index (χ3v) is 9.85. The first kappa shape index (κ1) is 19.0. The number of hydrogen-bond donors (Lipinski definition) is 1. The van der Waals surface area contributed by atoms with E-state index < -0.39 is 0 Å². The highest BCUT2D eigenvalue weighted by Crippen LogP contribution is 2.67. The molecular formula is C25H42O. The van der Waals surface area contributed by atoms with Crippen LogP contribution in [-0.2, 0) is 0 Å². The Morgan fingerprint density at radius 2 is 1.92 bits per heavy atom. The van der Waals surface area contributed by atoms with Crippen LogP contribution in [0.1, 0.15) is 98.3 Å². The number of aliphatic hydroxyl groups excluding tert-OH is 1. The van der Waals surface area contributed by atoms with Crippen molar-refractivity contribution in [3.05, 3.63) is 11.6 Å². The smallest absolute Gasteiger partial charge is 0.0577 e. The van der Waals surface area contributed by atoms with E-state index in [0.29, 0.717) is 10.8 Å². The number of allylic oxidation sites excluding steroid dienone is 1. The number of fused-ring (bicyclic) bond motifs is 5. The largest absolute Gasteiger partial charge is 0.393 e. The number of rotatable bonds is 4. The maximum absolute atomic E-state index is 10.2. The Morgan fingerprint density at radius 1 is 1.12 bits per heavy atom. The van der Waals surface area contributed by atoms with Crippen molar-refractivity contribution in [1.82, 2.24) is 0 Å². The lowest BCUT2D eigenvalue weighted by molar-refractivity contribution is -0.0572. The van der Waals surface area contributed by atoms with Crippen LogP contribution in [0.5, 0.6) is 0 Å². The lowest BCUT2D eigenvalue weighted by Gasteiger charge is -2.58. The van der Waals surface area contributed by atoms with Crippen LogP contribution in [0.3, 0.4) is 0 Å². The highest BCUT2D eigenvalue weighted by Gasteiger charge is 2.58. The molecule has 26 heavy (non-hydrogen) atoms. The fourth-order valence-corrected chi connectivity index (χ4v) is 8.34. The molecule has 4 aliphatic carbocycles. The summed E-state index contributed by atoms with van der Waals surface area (Å²) in [6, 6.07) is 0. The van der Waals surface area contributed by atoms with Crippen molar-refractivity contribution in [3.8, 4) is 0 Å². The van der Waals surface area contributed by atoms with Crippen LogP contribution in [0.2, 0.25) is 0 Å². The van der Waals surface area contributed by atoms with Gasteiger partial charge < -0.3 is 5.11 Å². The summed E-state index contributed by atoms with van der Waals surface area (Å²) in [7, 11) is 0. The van der Waals surface area contributed by atoms with E-state index in [0.717, 1.165) is 42.4 Å². The molecule has 0 aromatic carbocycles. The summed E-state index contributed by atoms with van der Waals surface area (Å²) in [6.45, 7) is 10.1. The van der Waals surface area contributed by atoms with Crippen LogP contribution in [-0.4, -0.2) is 11.2 Å². The molecule has 0 aromatic rings. The van der Waals surface area contributed by atoms with Gasteiger partial charge in [0.1, 0.15) is 0 Å². The van der Waals surface area contributed by atoms with Gasteiger partial charge in [0.05, 0.1) is 6.10 Å². The average Bonchev–Trinajstić information content (AvgIpc) is 2.97. The molecule has 0 unspecified atom stereocenters. The molecule has 0 saturated heterocycles. The summed E-state index contributed by atoms with van der Waals surface area (Å²) in [5, 5.41) is 10.2. The van der Waals surface area contributed by atoms with Gasteiger partial charge in [-0.3, -0.25) is 0 Å². The Labute approximate surface area is 162 Å². The minimum atomic E-state index is -0.0741. The molecule has 0 amide bonds. The SMILES string of the molecule is CCCC[C@@H](C)[C@H]1CC[C@H]2[C@@H]3CC=C4C[C@@H](O)CC[C@]4(C)[C@H]3CC[C@]12C. The summed E-state index contributed by atoms with van der Waals surface area (Å²) < 4.78 is 0. The van der Waals surface area contributed by atoms with Crippen LogP contribution in [0.25, 0.3) is 0 Å². The van der Waals surface area contributed by atoms with Gasteiger partial charge in [0.15, 0.2) is 0 Å². The van der Waals surface area contributed by atoms with Gasteiger partial charge in [-0.05, 0) is 91.8 Å². The molecule has 0 bridgehead atoms. The standard InChI is InChI=1S/C25H42O/c1-5-6-7-17(2)21-10-11-22-20-9-8-18-16-19(26)12-14-24(18,3)23(20)13-15-25(21,22)4/h8,17,19-23,26H,5-7,9-16H2,1-4H3/t17-,19+,20+,21-,22+,23+,24+,25-/m1/s1. The van der Waals surface area contributed by atoms with Crippen molar-refractivity contribution in [3.63, 3.8) is 0 Å². The van der Waals surface area contributed by atoms with Crippen LogP contribution in [0, 0.1) is 40.4 Å². The van der Waals surface area contributed by atoms with Crippen LogP contribution < -0.4 is 0 Å². The second-order valence-electron chi connectivity index (χ2n) is 11.0. The zero-order valence-electron chi connectivity index (χ0n) is 17.8. The third kappa shape index (κ3) is 2.83. The number of aliphatic hydroxyl groups is 1. The van der Waals surface area contributed by atoms with Gasteiger partial charge >= 0.3 is 0 Å². The second kappa shape index (κ2) is 6.94. The van der Waals surface area contributed by atoms with Gasteiger partial charge in [0.25, 0.3) is 0 Å². The quantitative estimate of drug-likeness (QED) is 0.551. The normalized spacial score (nSPS) is 49.0. The van der Waals surface area contributed by atoms with E-state index >= 15 is 0 Å². The molecule has 1 heteroatoms. The summed E-state index contributed by atoms with van der Waals surface area (Å²) >= 11 is 0. The lowest BCUT2D eigenvalue weighted by Crippen LogP contribution is -2.50. The van der Waals surface area contributed by atoms with Gasteiger partial charge in [-0.1, -0.05) is 58.6 Å². The molecule has 3 fully saturated rings. The molecule has 0 heterocycles. The van der Waals surface area contributed by atoms with Crippen LogP contribution >= 0.6 is 0 Å². The first-order valence-corrected chi connectivity index (χ1v) is 11.8. The van der Waals surface area contributed by atoms with Crippen molar-refractivity contribution in [2.45, 2.75) is 104 Å². The monoisotopic (exact) mass is 358 g/mol. The van der Waals surface area contributed by atoms with E-state index in [9.17, 15) is 5.11 Å². The molecule has 8 atom stereocenters. The highest BCUT2D eigenvalue weighted by atomic mass is 16.3. The summed E-state index contributed by atoms with van der Waals surface area (Å²) in [5.74, 6) is 4.64. The number of hydrogen-bond acceptors (Lipinski definition) is 1. The predicted octanol–water partition coefficient (Wildman–Crippen LogP) is 6.75. The van der Waals surface area contributed by atoms with Crippen molar-refractivity contribution >= 4 is 0 Å². The Balaban J connectivity index is 1.56. The molecular weight excluding hydrogens is 316 g/mol. The average molecular weight is 359 g/mol. The summed E-state index contributed by atoms with van der Waals surface area (Å²) in [5.41, 5.74) is 2.62. The Morgan fingerprint density at radius 3 is 2.69 bits per heavy atom. The van der Waals surface area contributed by atoms with E-state index in [2.05, 4.69) is 33.8 Å². The molecule has 0 spiro atoms. The van der Waals surface area contributed by atoms with E-state index in [-0.39, 0.29) is 6.10 Å². The van der Waals surface area contributed by atoms with Crippen LogP contribution in [0.4, 0.5) is 0 Å². The Bertz CT molecular complexity index is 550. The second-order valence-corrected chi connectivity index (χ2v) is 11.0. The zero-order valence-corrected chi connectivity index (χ0v) is 17.8. The van der Waals surface area contributed by atoms with Gasteiger partial charge in [-0.25, -0.2) is 0 Å². The molecule has 3 saturated carbocycles. The fourth-order valence-electron chi connectivity index (χ4n) is 8.34. The topological polar surface area (TPSA) is 20.2 Å². The fraction of sp³-hybridized carbons (Fsp3) is 0.920. The van der Waals surface area contributed by atoms with Crippen molar-refractivity contribution in [2.24, 2.45) is 40.4 Å². The van der Waals surface area contributed by atoms with Gasteiger partial charge in [-0.15, -0.1) is 0 Å². The molecule has 4 rings (SSSR count). The first-order valence-electron chi connectivity index (χ1n) is 11.8. The van der Waals surface area contributed by atoms with E-state index in [1.54, 1.807) is 5.57 Å². The van der Waals surface area contributed by atoms with E-state index in [1.807, 2.05) is 0 Å². The molecule has 0 radical (unpaired) electrons. The summed E-state index contributed by atoms with van der Waals surface area (Å²) in [4.78, 5) is 0. The number of unbranched alkanes of at least 4 members (excludes halogenated alkanes) is 1. The summed E-state index contributed by atoms with van der Waals surface area (Å²) in [6.07, 6.45) is 17.1. The van der Waals surface area contributed by atoms with E-state index in [4.69, 9.17) is 0 Å². The van der Waals surface area contributed by atoms with Gasteiger partial charge in [-0.2, -0.15) is 0 Å². The highest BCUT2D eigenvalue weighted by molar-refractivity contribution is 5.25. The van der Waals surface area contributed by atoms with Crippen molar-refractivity contribution in [2.75, 3.05) is 0 Å². The minimum Gasteiger partial charge on any atom is -0.393 e. The third-order valence-electron chi connectivity index (χ3n) is 9.85. The minimum absolute atomic E-state index is 0.0741. The molecule has 148 valence electrons.